The van der Waals surface area contributed by atoms with Gasteiger partial charge >= 0.3 is 5.69 Å². The minimum atomic E-state index is -0.319. The Kier molecular flexibility index (Phi) is 5.75. The van der Waals surface area contributed by atoms with E-state index in [1.807, 2.05) is 38.1 Å². The Hall–Kier alpha value is -4.34. The molecular formula is C22H23N7O3. The van der Waals surface area contributed by atoms with Crippen LogP contribution in [0.5, 0.6) is 5.75 Å². The molecule has 5 N–H and O–H groups in total. The molecule has 164 valence electrons. The van der Waals surface area contributed by atoms with Crippen LogP contribution >= 0.6 is 0 Å². The SMILES string of the molecule is CNC(=O)c1cnc(Nc2ccc3[nH]c(=O)[nH]c3c2)nc1Nc1cccc(OC(C)C)c1. The van der Waals surface area contributed by atoms with Gasteiger partial charge in [0.15, 0.2) is 0 Å². The Bertz CT molecular complexity index is 1330. The van der Waals surface area contributed by atoms with Gasteiger partial charge in [-0.1, -0.05) is 6.07 Å². The van der Waals surface area contributed by atoms with E-state index in [9.17, 15) is 9.59 Å². The molecule has 0 aliphatic heterocycles. The Labute approximate surface area is 183 Å². The Morgan fingerprint density at radius 1 is 1.03 bits per heavy atom. The van der Waals surface area contributed by atoms with Crippen LogP contribution in [0.25, 0.3) is 11.0 Å². The van der Waals surface area contributed by atoms with Crippen molar-refractivity contribution in [2.24, 2.45) is 0 Å². The molecule has 2 heterocycles. The van der Waals surface area contributed by atoms with E-state index in [1.165, 1.54) is 6.20 Å². The number of fused-ring (bicyclic) bond motifs is 1. The second kappa shape index (κ2) is 8.80. The molecular weight excluding hydrogens is 410 g/mol. The first-order valence-electron chi connectivity index (χ1n) is 10.0. The number of ether oxygens (including phenoxy) is 1. The molecule has 0 bridgehead atoms. The number of hydrogen-bond donors (Lipinski definition) is 5. The number of rotatable bonds is 7. The summed E-state index contributed by atoms with van der Waals surface area (Å²) < 4.78 is 5.74. The quantitative estimate of drug-likeness (QED) is 0.302. The van der Waals surface area contributed by atoms with Crippen LogP contribution in [0.3, 0.4) is 0 Å². The van der Waals surface area contributed by atoms with Gasteiger partial charge in [-0.05, 0) is 44.2 Å². The number of aromatic nitrogens is 4. The van der Waals surface area contributed by atoms with Crippen molar-refractivity contribution in [1.82, 2.24) is 25.3 Å². The number of carbonyl (C=O) groups is 1. The number of anilines is 4. The molecule has 0 aliphatic carbocycles. The fourth-order valence-corrected chi connectivity index (χ4v) is 3.13. The Morgan fingerprint density at radius 3 is 2.59 bits per heavy atom. The number of hydrogen-bond acceptors (Lipinski definition) is 7. The van der Waals surface area contributed by atoms with Gasteiger partial charge in [0.2, 0.25) is 5.95 Å². The summed E-state index contributed by atoms with van der Waals surface area (Å²) in [5.41, 5.74) is 2.75. The summed E-state index contributed by atoms with van der Waals surface area (Å²) in [5.74, 6) is 0.999. The summed E-state index contributed by atoms with van der Waals surface area (Å²) >= 11 is 0. The Morgan fingerprint density at radius 2 is 1.81 bits per heavy atom. The topological polar surface area (TPSA) is 137 Å². The molecule has 0 saturated heterocycles. The summed E-state index contributed by atoms with van der Waals surface area (Å²) in [5, 5.41) is 8.87. The minimum Gasteiger partial charge on any atom is -0.491 e. The average Bonchev–Trinajstić information content (AvgIpc) is 3.12. The molecule has 2 aromatic heterocycles. The molecule has 4 rings (SSSR count). The first kappa shape index (κ1) is 20.9. The molecule has 10 nitrogen and oxygen atoms in total. The molecule has 0 fully saturated rings. The predicted octanol–water partition coefficient (Wildman–Crippen LogP) is 3.28. The number of benzene rings is 2. The second-order valence-corrected chi connectivity index (χ2v) is 7.32. The smallest absolute Gasteiger partial charge is 0.323 e. The van der Waals surface area contributed by atoms with Crippen LogP contribution in [0.4, 0.5) is 23.1 Å². The van der Waals surface area contributed by atoms with Gasteiger partial charge in [0, 0.05) is 30.7 Å². The number of carbonyl (C=O) groups excluding carboxylic acids is 1. The maximum atomic E-state index is 12.3. The van der Waals surface area contributed by atoms with Crippen molar-refractivity contribution >= 4 is 40.1 Å². The fourth-order valence-electron chi connectivity index (χ4n) is 3.13. The van der Waals surface area contributed by atoms with Crippen molar-refractivity contribution in [3.8, 4) is 5.75 Å². The largest absolute Gasteiger partial charge is 0.491 e. The van der Waals surface area contributed by atoms with Gasteiger partial charge in [-0.2, -0.15) is 4.98 Å². The van der Waals surface area contributed by atoms with E-state index < -0.39 is 0 Å². The monoisotopic (exact) mass is 433 g/mol. The van der Waals surface area contributed by atoms with Gasteiger partial charge < -0.3 is 30.7 Å². The first-order chi connectivity index (χ1) is 15.4. The lowest BCUT2D eigenvalue weighted by Crippen LogP contribution is -2.20. The van der Waals surface area contributed by atoms with Gasteiger partial charge in [-0.3, -0.25) is 4.79 Å². The number of imidazole rings is 1. The average molecular weight is 433 g/mol. The second-order valence-electron chi connectivity index (χ2n) is 7.32. The van der Waals surface area contributed by atoms with Crippen LogP contribution in [0.1, 0.15) is 24.2 Å². The van der Waals surface area contributed by atoms with Crippen molar-refractivity contribution < 1.29 is 9.53 Å². The van der Waals surface area contributed by atoms with Crippen molar-refractivity contribution in [2.75, 3.05) is 17.7 Å². The molecule has 0 spiro atoms. The number of nitrogens with one attached hydrogen (secondary N) is 5. The molecule has 0 radical (unpaired) electrons. The number of nitrogens with zero attached hydrogens (tertiary/aromatic N) is 2. The van der Waals surface area contributed by atoms with E-state index in [0.29, 0.717) is 39.5 Å². The maximum Gasteiger partial charge on any atom is 0.323 e. The zero-order chi connectivity index (χ0) is 22.7. The van der Waals surface area contributed by atoms with Gasteiger partial charge in [0.1, 0.15) is 17.1 Å². The van der Waals surface area contributed by atoms with E-state index in [4.69, 9.17) is 4.74 Å². The van der Waals surface area contributed by atoms with Crippen molar-refractivity contribution in [2.45, 2.75) is 20.0 Å². The third-order valence-corrected chi connectivity index (χ3v) is 4.50. The van der Waals surface area contributed by atoms with Crippen LogP contribution in [-0.2, 0) is 0 Å². The third kappa shape index (κ3) is 4.69. The highest BCUT2D eigenvalue weighted by molar-refractivity contribution is 5.99. The van der Waals surface area contributed by atoms with Crippen molar-refractivity contribution in [1.29, 1.82) is 0 Å². The van der Waals surface area contributed by atoms with E-state index >= 15 is 0 Å². The van der Waals surface area contributed by atoms with E-state index in [2.05, 4.69) is 35.9 Å². The summed E-state index contributed by atoms with van der Waals surface area (Å²) in [6.07, 6.45) is 1.48. The third-order valence-electron chi connectivity index (χ3n) is 4.50. The first-order valence-corrected chi connectivity index (χ1v) is 10.0. The van der Waals surface area contributed by atoms with Gasteiger partial charge in [0.25, 0.3) is 5.91 Å². The standard InChI is InChI=1S/C22H23N7O3/c1-12(2)32-15-6-4-5-13(9-15)25-19-16(20(30)23-3)11-24-21(29-19)26-14-7-8-17-18(10-14)28-22(31)27-17/h4-12H,1-3H3,(H,23,30)(H2,27,28,31)(H2,24,25,26,29). The van der Waals surface area contributed by atoms with Crippen LogP contribution in [0, 0.1) is 0 Å². The highest BCUT2D eigenvalue weighted by Crippen LogP contribution is 2.25. The molecule has 0 atom stereocenters. The molecule has 10 heteroatoms. The molecule has 32 heavy (non-hydrogen) atoms. The normalized spacial score (nSPS) is 10.9. The highest BCUT2D eigenvalue weighted by Gasteiger charge is 2.15. The lowest BCUT2D eigenvalue weighted by Gasteiger charge is -2.14. The van der Waals surface area contributed by atoms with E-state index in [0.717, 1.165) is 0 Å². The van der Waals surface area contributed by atoms with Crippen LogP contribution in [-0.4, -0.2) is 39.0 Å². The van der Waals surface area contributed by atoms with Gasteiger partial charge in [-0.15, -0.1) is 0 Å². The van der Waals surface area contributed by atoms with Crippen molar-refractivity contribution in [3.05, 3.63) is 64.7 Å². The van der Waals surface area contributed by atoms with Crippen LogP contribution < -0.4 is 26.4 Å². The summed E-state index contributed by atoms with van der Waals surface area (Å²) in [4.78, 5) is 38.0. The predicted molar refractivity (Wildman–Crippen MR) is 123 cm³/mol. The summed E-state index contributed by atoms with van der Waals surface area (Å²) in [7, 11) is 1.54. The van der Waals surface area contributed by atoms with E-state index in [1.54, 1.807) is 25.2 Å². The van der Waals surface area contributed by atoms with Crippen LogP contribution in [0.15, 0.2) is 53.5 Å². The minimum absolute atomic E-state index is 0.0360. The van der Waals surface area contributed by atoms with E-state index in [-0.39, 0.29) is 23.6 Å². The lowest BCUT2D eigenvalue weighted by molar-refractivity contribution is 0.0963. The Balaban J connectivity index is 1.64. The van der Waals surface area contributed by atoms with Gasteiger partial charge in [0.05, 0.1) is 17.1 Å². The number of aromatic amines is 2. The maximum absolute atomic E-state index is 12.3. The molecule has 0 unspecified atom stereocenters. The van der Waals surface area contributed by atoms with Crippen LogP contribution in [0.2, 0.25) is 0 Å². The molecule has 4 aromatic rings. The molecule has 0 saturated carbocycles. The number of amides is 1. The zero-order valence-corrected chi connectivity index (χ0v) is 17.8. The fraction of sp³-hybridized carbons (Fsp3) is 0.182. The number of H-pyrrole nitrogens is 2. The highest BCUT2D eigenvalue weighted by atomic mass is 16.5. The summed E-state index contributed by atoms with van der Waals surface area (Å²) in [6, 6.07) is 12.7. The zero-order valence-electron chi connectivity index (χ0n) is 17.8. The van der Waals surface area contributed by atoms with Gasteiger partial charge in [-0.25, -0.2) is 9.78 Å². The van der Waals surface area contributed by atoms with Crippen molar-refractivity contribution in [3.63, 3.8) is 0 Å². The summed E-state index contributed by atoms with van der Waals surface area (Å²) in [6.45, 7) is 3.90. The lowest BCUT2D eigenvalue weighted by atomic mass is 10.2. The molecule has 2 aromatic carbocycles. The molecule has 1 amide bonds. The molecule has 0 aliphatic rings.